The predicted molar refractivity (Wildman–Crippen MR) is 88.5 cm³/mol. The molecule has 6 heteroatoms. The molecule has 5 nitrogen and oxygen atoms in total. The van der Waals surface area contributed by atoms with Crippen LogP contribution in [0.3, 0.4) is 0 Å². The molecule has 0 aliphatic heterocycles. The zero-order valence-electron chi connectivity index (χ0n) is 12.2. The molecule has 1 aliphatic carbocycles. The van der Waals surface area contributed by atoms with E-state index in [4.69, 9.17) is 4.74 Å². The van der Waals surface area contributed by atoms with E-state index in [0.717, 1.165) is 34.6 Å². The fourth-order valence-corrected chi connectivity index (χ4v) is 3.33. The van der Waals surface area contributed by atoms with Crippen molar-refractivity contribution in [2.45, 2.75) is 31.4 Å². The lowest BCUT2D eigenvalue weighted by Gasteiger charge is -2.18. The third kappa shape index (κ3) is 2.94. The maximum absolute atomic E-state index is 11.5. The first kappa shape index (κ1) is 15.2. The van der Waals surface area contributed by atoms with Gasteiger partial charge in [0, 0.05) is 29.2 Å². The Kier molecular flexibility index (Phi) is 4.31. The molecule has 1 aliphatic rings. The molecule has 0 amide bonds. The maximum atomic E-state index is 11.5. The summed E-state index contributed by atoms with van der Waals surface area (Å²) in [5.74, 6) is -0.974. The minimum atomic E-state index is -0.974. The zero-order chi connectivity index (χ0) is 15.7. The smallest absolute Gasteiger partial charge is 0.339 e. The summed E-state index contributed by atoms with van der Waals surface area (Å²) in [4.78, 5) is 15.8. The van der Waals surface area contributed by atoms with Gasteiger partial charge in [0.1, 0.15) is 5.56 Å². The number of anilines is 1. The maximum Gasteiger partial charge on any atom is 0.339 e. The average molecular weight is 365 g/mol. The minimum Gasteiger partial charge on any atom is -0.478 e. The minimum absolute atomic E-state index is 0.200. The Morgan fingerprint density at radius 2 is 2.27 bits per heavy atom. The molecule has 1 aromatic carbocycles. The van der Waals surface area contributed by atoms with Gasteiger partial charge in [0.25, 0.3) is 0 Å². The molecule has 1 fully saturated rings. The molecule has 2 aromatic rings. The molecular weight excluding hydrogens is 348 g/mol. The molecule has 22 heavy (non-hydrogen) atoms. The van der Waals surface area contributed by atoms with E-state index in [9.17, 15) is 9.90 Å². The van der Waals surface area contributed by atoms with E-state index < -0.39 is 5.97 Å². The first-order valence-electron chi connectivity index (χ1n) is 7.19. The lowest BCUT2D eigenvalue weighted by molar-refractivity contribution is 0.0697. The number of rotatable bonds is 4. The van der Waals surface area contributed by atoms with E-state index in [-0.39, 0.29) is 17.7 Å². The van der Waals surface area contributed by atoms with Gasteiger partial charge in [0.05, 0.1) is 17.3 Å². The monoisotopic (exact) mass is 364 g/mol. The van der Waals surface area contributed by atoms with Crippen molar-refractivity contribution in [1.82, 2.24) is 4.98 Å². The number of nitrogens with one attached hydrogen (secondary N) is 1. The summed E-state index contributed by atoms with van der Waals surface area (Å²) in [5, 5.41) is 13.7. The van der Waals surface area contributed by atoms with Crippen molar-refractivity contribution in [2.75, 3.05) is 12.4 Å². The Bertz CT molecular complexity index is 720. The summed E-state index contributed by atoms with van der Waals surface area (Å²) in [6.07, 6.45) is 4.50. The number of halogens is 1. The highest BCUT2D eigenvalue weighted by atomic mass is 79.9. The van der Waals surface area contributed by atoms with E-state index in [1.807, 2.05) is 18.2 Å². The molecule has 2 atom stereocenters. The van der Waals surface area contributed by atoms with Crippen LogP contribution in [0.4, 0.5) is 5.69 Å². The Balaban J connectivity index is 2.03. The number of aromatic nitrogens is 1. The van der Waals surface area contributed by atoms with Crippen molar-refractivity contribution in [3.63, 3.8) is 0 Å². The molecule has 0 radical (unpaired) electrons. The van der Waals surface area contributed by atoms with E-state index in [1.54, 1.807) is 7.11 Å². The summed E-state index contributed by atoms with van der Waals surface area (Å²) in [7, 11) is 1.72. The summed E-state index contributed by atoms with van der Waals surface area (Å²) in [5.41, 5.74) is 1.61. The highest BCUT2D eigenvalue weighted by molar-refractivity contribution is 9.10. The van der Waals surface area contributed by atoms with Crippen LogP contribution in [0.25, 0.3) is 10.9 Å². The largest absolute Gasteiger partial charge is 0.478 e. The van der Waals surface area contributed by atoms with Gasteiger partial charge >= 0.3 is 5.97 Å². The standard InChI is InChI=1S/C16H17BrN2O3/c1-22-11-4-3-10(7-11)19-15-12-6-9(17)2-5-14(12)18-8-13(15)16(20)21/h2,5-6,8,10-11H,3-4,7H2,1H3,(H,18,19)(H,20,21)/t10-,11-/m0/s1. The van der Waals surface area contributed by atoms with Crippen LogP contribution in [-0.4, -0.2) is 35.3 Å². The Hall–Kier alpha value is -1.66. The number of hydrogen-bond acceptors (Lipinski definition) is 4. The van der Waals surface area contributed by atoms with Crippen LogP contribution in [0.15, 0.2) is 28.9 Å². The number of carbonyl (C=O) groups is 1. The van der Waals surface area contributed by atoms with Crippen LogP contribution >= 0.6 is 15.9 Å². The van der Waals surface area contributed by atoms with Gasteiger partial charge in [-0.1, -0.05) is 15.9 Å². The second-order valence-electron chi connectivity index (χ2n) is 5.53. The molecule has 0 saturated heterocycles. The summed E-state index contributed by atoms with van der Waals surface area (Å²) < 4.78 is 6.28. The second-order valence-corrected chi connectivity index (χ2v) is 6.44. The molecule has 1 heterocycles. The van der Waals surface area contributed by atoms with Crippen molar-refractivity contribution in [3.8, 4) is 0 Å². The van der Waals surface area contributed by atoms with Crippen LogP contribution < -0.4 is 5.32 Å². The lowest BCUT2D eigenvalue weighted by atomic mass is 10.1. The van der Waals surface area contributed by atoms with Crippen molar-refractivity contribution in [1.29, 1.82) is 0 Å². The van der Waals surface area contributed by atoms with Gasteiger partial charge in [0.2, 0.25) is 0 Å². The van der Waals surface area contributed by atoms with Gasteiger partial charge in [-0.2, -0.15) is 0 Å². The highest BCUT2D eigenvalue weighted by Gasteiger charge is 2.26. The topological polar surface area (TPSA) is 71.5 Å². The number of carboxylic acid groups (broad SMARTS) is 1. The van der Waals surface area contributed by atoms with E-state index >= 15 is 0 Å². The van der Waals surface area contributed by atoms with Crippen LogP contribution in [0, 0.1) is 0 Å². The highest BCUT2D eigenvalue weighted by Crippen LogP contribution is 2.32. The molecule has 2 N–H and O–H groups in total. The number of benzene rings is 1. The molecule has 3 rings (SSSR count). The van der Waals surface area contributed by atoms with Crippen LogP contribution in [0.5, 0.6) is 0 Å². The number of aromatic carboxylic acids is 1. The Morgan fingerprint density at radius 3 is 2.95 bits per heavy atom. The van der Waals surface area contributed by atoms with E-state index in [1.165, 1.54) is 6.20 Å². The number of nitrogens with zero attached hydrogens (tertiary/aromatic N) is 1. The third-order valence-electron chi connectivity index (χ3n) is 4.13. The van der Waals surface area contributed by atoms with Gasteiger partial charge in [-0.15, -0.1) is 0 Å². The normalized spacial score (nSPS) is 21.2. The number of methoxy groups -OCH3 is 1. The Labute approximate surface area is 136 Å². The number of pyridine rings is 1. The van der Waals surface area contributed by atoms with Crippen molar-refractivity contribution in [2.24, 2.45) is 0 Å². The average Bonchev–Trinajstić information content (AvgIpc) is 2.95. The van der Waals surface area contributed by atoms with Gasteiger partial charge in [-0.3, -0.25) is 4.98 Å². The Morgan fingerprint density at radius 1 is 1.45 bits per heavy atom. The molecule has 0 spiro atoms. The quantitative estimate of drug-likeness (QED) is 0.865. The van der Waals surface area contributed by atoms with Gasteiger partial charge in [-0.25, -0.2) is 4.79 Å². The zero-order valence-corrected chi connectivity index (χ0v) is 13.8. The van der Waals surface area contributed by atoms with Crippen molar-refractivity contribution >= 4 is 38.5 Å². The van der Waals surface area contributed by atoms with Gasteiger partial charge in [-0.05, 0) is 37.5 Å². The summed E-state index contributed by atoms with van der Waals surface area (Å²) in [6.45, 7) is 0. The van der Waals surface area contributed by atoms with Crippen LogP contribution in [0.2, 0.25) is 0 Å². The molecule has 0 bridgehead atoms. The number of ether oxygens (including phenoxy) is 1. The number of fused-ring (bicyclic) bond motifs is 1. The van der Waals surface area contributed by atoms with Crippen LogP contribution in [-0.2, 0) is 4.74 Å². The molecule has 0 unspecified atom stereocenters. The molecular formula is C16H17BrN2O3. The third-order valence-corrected chi connectivity index (χ3v) is 4.62. The number of hydrogen-bond donors (Lipinski definition) is 2. The first-order chi connectivity index (χ1) is 10.6. The van der Waals surface area contributed by atoms with Crippen LogP contribution in [0.1, 0.15) is 29.6 Å². The van der Waals surface area contributed by atoms with Gasteiger partial charge < -0.3 is 15.2 Å². The molecule has 116 valence electrons. The summed E-state index contributed by atoms with van der Waals surface area (Å²) >= 11 is 3.44. The van der Waals surface area contributed by atoms with E-state index in [0.29, 0.717) is 5.69 Å². The SMILES string of the molecule is CO[C@H]1CC[C@H](Nc2c(C(=O)O)cnc3ccc(Br)cc23)C1. The lowest BCUT2D eigenvalue weighted by Crippen LogP contribution is -2.19. The van der Waals surface area contributed by atoms with Crippen molar-refractivity contribution < 1.29 is 14.6 Å². The fourth-order valence-electron chi connectivity index (χ4n) is 2.97. The van der Waals surface area contributed by atoms with Crippen molar-refractivity contribution in [3.05, 3.63) is 34.4 Å². The number of carboxylic acids is 1. The molecule has 1 saturated carbocycles. The fraction of sp³-hybridized carbons (Fsp3) is 0.375. The summed E-state index contributed by atoms with van der Waals surface area (Å²) in [6, 6.07) is 5.89. The second kappa shape index (κ2) is 6.22. The molecule has 1 aromatic heterocycles. The van der Waals surface area contributed by atoms with E-state index in [2.05, 4.69) is 26.2 Å². The predicted octanol–water partition coefficient (Wildman–Crippen LogP) is 3.67. The first-order valence-corrected chi connectivity index (χ1v) is 7.98. The van der Waals surface area contributed by atoms with Gasteiger partial charge in [0.15, 0.2) is 0 Å².